The number of rotatable bonds is 8. The number of carbonyl (C=O) groups excluding carboxylic acids is 2. The molecule has 5 rings (SSSR count). The first-order valence-electron chi connectivity index (χ1n) is 13.3. The van der Waals surface area contributed by atoms with Gasteiger partial charge in [-0.05, 0) is 87.0 Å². The number of esters is 1. The van der Waals surface area contributed by atoms with Crippen LogP contribution in [0.1, 0.15) is 87.9 Å². The second kappa shape index (κ2) is 9.36. The molecule has 6 unspecified atom stereocenters. The number of carbonyl (C=O) groups is 2. The Morgan fingerprint density at radius 3 is 2.40 bits per heavy atom. The Morgan fingerprint density at radius 1 is 1.06 bits per heavy atom. The standard InChI is InChI=1S/C28H36F2O5/c1-2-27(16-19-15-23(27)22-10-6-9-21(19)22)35-20-13-11-18(12-14-20)25(31)34-24(28(29,30)26(32)33)17-7-4-3-5-8-17/h11-14,17,19,21-24H,2-10,15-16H2,1H3,(H,32,33)/p-1. The molecule has 1 aromatic rings. The van der Waals surface area contributed by atoms with Crippen LogP contribution in [0.15, 0.2) is 24.3 Å². The molecule has 0 radical (unpaired) electrons. The first kappa shape index (κ1) is 24.5. The van der Waals surface area contributed by atoms with E-state index < -0.39 is 29.9 Å². The average Bonchev–Trinajstić information content (AvgIpc) is 3.56. The van der Waals surface area contributed by atoms with Crippen LogP contribution in [0.5, 0.6) is 5.75 Å². The molecule has 35 heavy (non-hydrogen) atoms. The van der Waals surface area contributed by atoms with Crippen molar-refractivity contribution in [3.63, 3.8) is 0 Å². The molecule has 0 saturated heterocycles. The number of halogens is 2. The van der Waals surface area contributed by atoms with Gasteiger partial charge in [-0.15, -0.1) is 0 Å². The Kier molecular flexibility index (Phi) is 6.56. The summed E-state index contributed by atoms with van der Waals surface area (Å²) in [5.41, 5.74) is -0.0810. The highest BCUT2D eigenvalue weighted by molar-refractivity contribution is 5.90. The first-order valence-corrected chi connectivity index (χ1v) is 13.3. The molecule has 7 heteroatoms. The second-order valence-electron chi connectivity index (χ2n) is 11.2. The van der Waals surface area contributed by atoms with Crippen LogP contribution < -0.4 is 9.84 Å². The average molecular weight is 490 g/mol. The number of hydrogen-bond donors (Lipinski definition) is 0. The molecule has 1 aromatic carbocycles. The fraction of sp³-hybridized carbons (Fsp3) is 0.714. The molecule has 5 nitrogen and oxygen atoms in total. The van der Waals surface area contributed by atoms with Crippen LogP contribution in [0.3, 0.4) is 0 Å². The van der Waals surface area contributed by atoms with Crippen LogP contribution in [0.4, 0.5) is 8.78 Å². The fourth-order valence-corrected chi connectivity index (χ4v) is 7.91. The molecular weight excluding hydrogens is 454 g/mol. The number of benzene rings is 1. The second-order valence-corrected chi connectivity index (χ2v) is 11.2. The molecule has 4 saturated carbocycles. The zero-order chi connectivity index (χ0) is 24.8. The van der Waals surface area contributed by atoms with E-state index in [1.807, 2.05) is 0 Å². The third kappa shape index (κ3) is 4.33. The Hall–Kier alpha value is -2.18. The zero-order valence-corrected chi connectivity index (χ0v) is 20.3. The van der Waals surface area contributed by atoms with Crippen molar-refractivity contribution < 1.29 is 33.0 Å². The monoisotopic (exact) mass is 489 g/mol. The highest BCUT2D eigenvalue weighted by atomic mass is 19.3. The maximum absolute atomic E-state index is 14.5. The SMILES string of the molecule is CCC1(Oc2ccc(C(=O)OC(C3CCCCC3)C(F)(F)C(=O)[O-])cc2)CC2CC1C1CCCC21. The molecule has 0 heterocycles. The van der Waals surface area contributed by atoms with Gasteiger partial charge in [0.25, 0.3) is 0 Å². The van der Waals surface area contributed by atoms with E-state index in [4.69, 9.17) is 9.47 Å². The minimum atomic E-state index is -4.24. The van der Waals surface area contributed by atoms with Gasteiger partial charge in [-0.3, -0.25) is 0 Å². The van der Waals surface area contributed by atoms with E-state index in [9.17, 15) is 23.5 Å². The van der Waals surface area contributed by atoms with Crippen LogP contribution in [-0.2, 0) is 9.53 Å². The van der Waals surface area contributed by atoms with Gasteiger partial charge in [0.2, 0.25) is 0 Å². The van der Waals surface area contributed by atoms with Gasteiger partial charge in [-0.2, -0.15) is 8.78 Å². The van der Waals surface area contributed by atoms with Crippen LogP contribution in [-0.4, -0.2) is 29.6 Å². The number of fused-ring (bicyclic) bond motifs is 5. The van der Waals surface area contributed by atoms with E-state index in [0.29, 0.717) is 37.4 Å². The molecule has 4 aliphatic carbocycles. The van der Waals surface area contributed by atoms with Gasteiger partial charge in [0.15, 0.2) is 6.10 Å². The predicted octanol–water partition coefficient (Wildman–Crippen LogP) is 5.16. The van der Waals surface area contributed by atoms with Gasteiger partial charge < -0.3 is 19.4 Å². The van der Waals surface area contributed by atoms with Gasteiger partial charge in [-0.25, -0.2) is 4.79 Å². The number of hydrogen-bond acceptors (Lipinski definition) is 5. The number of ether oxygens (including phenoxy) is 2. The maximum atomic E-state index is 14.5. The Morgan fingerprint density at radius 2 is 1.74 bits per heavy atom. The molecule has 0 amide bonds. The summed E-state index contributed by atoms with van der Waals surface area (Å²) >= 11 is 0. The minimum absolute atomic E-state index is 0.0988. The quantitative estimate of drug-likeness (QED) is 0.472. The number of alkyl halides is 2. The van der Waals surface area contributed by atoms with Crippen molar-refractivity contribution in [1.29, 1.82) is 0 Å². The molecular formula is C28H35F2O5-. The summed E-state index contributed by atoms with van der Waals surface area (Å²) in [5.74, 6) is -4.83. The van der Waals surface area contributed by atoms with Crippen molar-refractivity contribution >= 4 is 11.9 Å². The highest BCUT2D eigenvalue weighted by Crippen LogP contribution is 2.64. The molecule has 4 aliphatic rings. The zero-order valence-electron chi connectivity index (χ0n) is 20.3. The van der Waals surface area contributed by atoms with Gasteiger partial charge in [0.05, 0.1) is 5.56 Å². The van der Waals surface area contributed by atoms with E-state index >= 15 is 0 Å². The third-order valence-corrected chi connectivity index (χ3v) is 9.54. The Bertz CT molecular complexity index is 941. The molecule has 0 spiro atoms. The lowest BCUT2D eigenvalue weighted by Crippen LogP contribution is -2.54. The molecule has 2 bridgehead atoms. The minimum Gasteiger partial charge on any atom is -0.544 e. The van der Waals surface area contributed by atoms with Crippen LogP contribution >= 0.6 is 0 Å². The highest BCUT2D eigenvalue weighted by Gasteiger charge is 2.61. The van der Waals surface area contributed by atoms with Crippen molar-refractivity contribution in [1.82, 2.24) is 0 Å². The molecule has 192 valence electrons. The van der Waals surface area contributed by atoms with Gasteiger partial charge in [-0.1, -0.05) is 32.6 Å². The van der Waals surface area contributed by atoms with Gasteiger partial charge in [0.1, 0.15) is 17.3 Å². The van der Waals surface area contributed by atoms with Crippen molar-refractivity contribution in [2.45, 2.75) is 95.2 Å². The third-order valence-electron chi connectivity index (χ3n) is 9.54. The van der Waals surface area contributed by atoms with E-state index in [1.165, 1.54) is 37.8 Å². The van der Waals surface area contributed by atoms with Crippen LogP contribution in [0.25, 0.3) is 0 Å². The molecule has 0 N–H and O–H groups in total. The van der Waals surface area contributed by atoms with E-state index in [-0.39, 0.29) is 11.2 Å². The summed E-state index contributed by atoms with van der Waals surface area (Å²) < 4.78 is 40.6. The maximum Gasteiger partial charge on any atom is 0.338 e. The lowest BCUT2D eigenvalue weighted by atomic mass is 9.71. The summed E-state index contributed by atoms with van der Waals surface area (Å²) in [7, 11) is 0. The first-order chi connectivity index (χ1) is 16.7. The molecule has 4 fully saturated rings. The van der Waals surface area contributed by atoms with Crippen LogP contribution in [0, 0.1) is 29.6 Å². The van der Waals surface area contributed by atoms with Gasteiger partial charge >= 0.3 is 11.9 Å². The van der Waals surface area contributed by atoms with E-state index in [1.54, 1.807) is 12.1 Å². The predicted molar refractivity (Wildman–Crippen MR) is 123 cm³/mol. The Labute approximate surface area is 205 Å². The smallest absolute Gasteiger partial charge is 0.338 e. The molecule has 0 aliphatic heterocycles. The van der Waals surface area contributed by atoms with Crippen molar-refractivity contribution in [2.24, 2.45) is 29.6 Å². The number of carboxylic acid groups (broad SMARTS) is 1. The lowest BCUT2D eigenvalue weighted by Gasteiger charge is -2.42. The molecule has 0 aromatic heterocycles. The summed E-state index contributed by atoms with van der Waals surface area (Å²) in [6.07, 6.45) is 8.27. The summed E-state index contributed by atoms with van der Waals surface area (Å²) in [4.78, 5) is 23.9. The lowest BCUT2D eigenvalue weighted by molar-refractivity contribution is -0.337. The number of carboxylic acids is 1. The van der Waals surface area contributed by atoms with E-state index in [0.717, 1.165) is 37.0 Å². The van der Waals surface area contributed by atoms with Crippen molar-refractivity contribution in [3.05, 3.63) is 29.8 Å². The number of aliphatic carboxylic acids is 1. The topological polar surface area (TPSA) is 75.7 Å². The molecule has 6 atom stereocenters. The Balaban J connectivity index is 1.28. The summed E-state index contributed by atoms with van der Waals surface area (Å²) in [5, 5.41) is 11.1. The van der Waals surface area contributed by atoms with E-state index in [2.05, 4.69) is 6.92 Å². The van der Waals surface area contributed by atoms with Crippen molar-refractivity contribution in [3.8, 4) is 5.75 Å². The van der Waals surface area contributed by atoms with Crippen LogP contribution in [0.2, 0.25) is 0 Å². The largest absolute Gasteiger partial charge is 0.544 e. The fourth-order valence-electron chi connectivity index (χ4n) is 7.91. The summed E-state index contributed by atoms with van der Waals surface area (Å²) in [6.45, 7) is 2.18. The summed E-state index contributed by atoms with van der Waals surface area (Å²) in [6, 6.07) is 6.42. The van der Waals surface area contributed by atoms with Gasteiger partial charge in [0, 0.05) is 11.8 Å². The van der Waals surface area contributed by atoms with Crippen molar-refractivity contribution in [2.75, 3.05) is 0 Å². The normalized spacial score (nSPS) is 33.3.